The van der Waals surface area contributed by atoms with E-state index in [-0.39, 0.29) is 6.29 Å². The zero-order chi connectivity index (χ0) is 14.1. The SMILES string of the molecule is CCCC[Si](CC)(Oc1ccccc1)OC(C)OC. The summed E-state index contributed by atoms with van der Waals surface area (Å²) in [4.78, 5) is 0. The van der Waals surface area contributed by atoms with E-state index in [2.05, 4.69) is 13.8 Å². The first-order chi connectivity index (χ1) is 9.15. The van der Waals surface area contributed by atoms with Gasteiger partial charge in [-0.05, 0) is 25.1 Å². The van der Waals surface area contributed by atoms with E-state index in [1.807, 2.05) is 37.3 Å². The number of hydrogen-bond donors (Lipinski definition) is 0. The van der Waals surface area contributed by atoms with Gasteiger partial charge in [0.1, 0.15) is 12.0 Å². The molecular formula is C15H26O3Si. The second-order valence-corrected chi connectivity index (χ2v) is 8.17. The van der Waals surface area contributed by atoms with Gasteiger partial charge in [0.15, 0.2) is 0 Å². The van der Waals surface area contributed by atoms with Gasteiger partial charge in [-0.25, -0.2) is 0 Å². The first kappa shape index (κ1) is 16.2. The van der Waals surface area contributed by atoms with Gasteiger partial charge in [-0.2, -0.15) is 0 Å². The Balaban J connectivity index is 2.82. The molecule has 1 aromatic rings. The highest BCUT2D eigenvalue weighted by Crippen LogP contribution is 2.26. The summed E-state index contributed by atoms with van der Waals surface area (Å²) in [5.41, 5.74) is 0. The maximum absolute atomic E-state index is 6.26. The Hall–Kier alpha value is -0.843. The van der Waals surface area contributed by atoms with E-state index >= 15 is 0 Å². The minimum Gasteiger partial charge on any atom is -0.520 e. The predicted molar refractivity (Wildman–Crippen MR) is 80.6 cm³/mol. The number of para-hydroxylation sites is 1. The fourth-order valence-corrected chi connectivity index (χ4v) is 5.06. The van der Waals surface area contributed by atoms with Gasteiger partial charge in [0.05, 0.1) is 0 Å². The van der Waals surface area contributed by atoms with Crippen molar-refractivity contribution in [3.8, 4) is 5.75 Å². The second-order valence-electron chi connectivity index (χ2n) is 4.70. The van der Waals surface area contributed by atoms with Gasteiger partial charge in [0.2, 0.25) is 0 Å². The largest absolute Gasteiger partial charge is 0.520 e. The lowest BCUT2D eigenvalue weighted by Crippen LogP contribution is -2.47. The molecule has 0 radical (unpaired) electrons. The Kier molecular flexibility index (Phi) is 7.13. The van der Waals surface area contributed by atoms with Gasteiger partial charge in [-0.1, -0.05) is 44.9 Å². The van der Waals surface area contributed by atoms with Crippen molar-refractivity contribution >= 4 is 8.56 Å². The number of unbranched alkanes of at least 4 members (excludes halogenated alkanes) is 1. The highest BCUT2D eigenvalue weighted by atomic mass is 28.4. The molecule has 0 fully saturated rings. The minimum atomic E-state index is -2.24. The van der Waals surface area contributed by atoms with Gasteiger partial charge in [-0.3, -0.25) is 0 Å². The van der Waals surface area contributed by atoms with E-state index in [4.69, 9.17) is 13.6 Å². The summed E-state index contributed by atoms with van der Waals surface area (Å²) >= 11 is 0. The molecule has 0 saturated heterocycles. The average molecular weight is 282 g/mol. The number of ether oxygens (including phenoxy) is 1. The van der Waals surface area contributed by atoms with Gasteiger partial charge in [-0.15, -0.1) is 0 Å². The lowest BCUT2D eigenvalue weighted by molar-refractivity contribution is -0.0567. The highest BCUT2D eigenvalue weighted by molar-refractivity contribution is 6.68. The molecule has 0 saturated carbocycles. The molecule has 0 spiro atoms. The van der Waals surface area contributed by atoms with Crippen LogP contribution in [0.3, 0.4) is 0 Å². The Morgan fingerprint density at radius 3 is 2.37 bits per heavy atom. The lowest BCUT2D eigenvalue weighted by atomic mass is 10.3. The summed E-state index contributed by atoms with van der Waals surface area (Å²) in [5, 5.41) is 0. The predicted octanol–water partition coefficient (Wildman–Crippen LogP) is 4.34. The molecule has 0 amide bonds. The van der Waals surface area contributed by atoms with E-state index in [1.165, 1.54) is 0 Å². The Morgan fingerprint density at radius 1 is 1.16 bits per heavy atom. The van der Waals surface area contributed by atoms with Crippen molar-refractivity contribution in [1.29, 1.82) is 0 Å². The third-order valence-electron chi connectivity index (χ3n) is 3.21. The van der Waals surface area contributed by atoms with Crippen LogP contribution in [0.25, 0.3) is 0 Å². The van der Waals surface area contributed by atoms with Crippen LogP contribution >= 0.6 is 0 Å². The molecule has 4 heteroatoms. The molecule has 0 N–H and O–H groups in total. The molecule has 0 heterocycles. The van der Waals surface area contributed by atoms with Crippen LogP contribution in [0.15, 0.2) is 30.3 Å². The summed E-state index contributed by atoms with van der Waals surface area (Å²) in [6.07, 6.45) is 2.06. The second kappa shape index (κ2) is 8.35. The van der Waals surface area contributed by atoms with Gasteiger partial charge in [0.25, 0.3) is 0 Å². The zero-order valence-corrected chi connectivity index (χ0v) is 13.5. The van der Waals surface area contributed by atoms with Crippen LogP contribution in [-0.4, -0.2) is 22.0 Å². The third kappa shape index (κ3) is 5.34. The topological polar surface area (TPSA) is 27.7 Å². The number of benzene rings is 1. The molecule has 108 valence electrons. The van der Waals surface area contributed by atoms with E-state index in [0.29, 0.717) is 0 Å². The number of methoxy groups -OCH3 is 1. The average Bonchev–Trinajstić information content (AvgIpc) is 2.45. The normalized spacial score (nSPS) is 15.8. The van der Waals surface area contributed by atoms with Crippen molar-refractivity contribution in [2.45, 2.75) is 52.0 Å². The molecule has 0 aliphatic rings. The first-order valence-corrected chi connectivity index (χ1v) is 9.33. The molecule has 1 aromatic carbocycles. The summed E-state index contributed by atoms with van der Waals surface area (Å²) in [6.45, 7) is 6.27. The zero-order valence-electron chi connectivity index (χ0n) is 12.5. The Bertz CT molecular complexity index is 345. The quantitative estimate of drug-likeness (QED) is 0.498. The van der Waals surface area contributed by atoms with Crippen LogP contribution in [0, 0.1) is 0 Å². The van der Waals surface area contributed by atoms with E-state index in [0.717, 1.165) is 30.7 Å². The summed E-state index contributed by atoms with van der Waals surface area (Å²) in [6, 6.07) is 11.9. The fraction of sp³-hybridized carbons (Fsp3) is 0.600. The van der Waals surface area contributed by atoms with Crippen LogP contribution in [-0.2, 0) is 9.16 Å². The molecule has 0 aromatic heterocycles. The van der Waals surface area contributed by atoms with Crippen LogP contribution in [0.1, 0.15) is 33.6 Å². The molecule has 19 heavy (non-hydrogen) atoms. The van der Waals surface area contributed by atoms with Crippen LogP contribution in [0.5, 0.6) is 5.75 Å². The molecule has 2 unspecified atom stereocenters. The van der Waals surface area contributed by atoms with Crippen molar-refractivity contribution < 1.29 is 13.6 Å². The maximum Gasteiger partial charge on any atom is 0.400 e. The van der Waals surface area contributed by atoms with Gasteiger partial charge in [0, 0.05) is 13.2 Å². The monoisotopic (exact) mass is 282 g/mol. The van der Waals surface area contributed by atoms with Crippen molar-refractivity contribution in [1.82, 2.24) is 0 Å². The fourth-order valence-electron chi connectivity index (χ4n) is 1.97. The van der Waals surface area contributed by atoms with E-state index < -0.39 is 8.56 Å². The van der Waals surface area contributed by atoms with Crippen LogP contribution in [0.4, 0.5) is 0 Å². The summed E-state index contributed by atoms with van der Waals surface area (Å²) in [5.74, 6) is 0.899. The van der Waals surface area contributed by atoms with Crippen molar-refractivity contribution in [2.75, 3.05) is 7.11 Å². The Morgan fingerprint density at radius 2 is 1.84 bits per heavy atom. The molecule has 0 bridgehead atoms. The third-order valence-corrected chi connectivity index (χ3v) is 6.77. The van der Waals surface area contributed by atoms with Gasteiger partial charge < -0.3 is 13.6 Å². The van der Waals surface area contributed by atoms with Gasteiger partial charge >= 0.3 is 8.56 Å². The molecule has 2 atom stereocenters. The first-order valence-electron chi connectivity index (χ1n) is 7.10. The molecule has 0 aliphatic heterocycles. The standard InChI is InChI=1S/C15H26O3Si/c1-5-7-13-19(6-2,17-14(3)16-4)18-15-11-9-8-10-12-15/h8-12,14H,5-7,13H2,1-4H3. The van der Waals surface area contributed by atoms with Crippen molar-refractivity contribution in [3.05, 3.63) is 30.3 Å². The molecular weight excluding hydrogens is 256 g/mol. The molecule has 1 rings (SSSR count). The number of hydrogen-bond acceptors (Lipinski definition) is 3. The van der Waals surface area contributed by atoms with E-state index in [1.54, 1.807) is 7.11 Å². The minimum absolute atomic E-state index is 0.216. The molecule has 3 nitrogen and oxygen atoms in total. The van der Waals surface area contributed by atoms with Crippen molar-refractivity contribution in [2.24, 2.45) is 0 Å². The number of rotatable bonds is 9. The smallest absolute Gasteiger partial charge is 0.400 e. The van der Waals surface area contributed by atoms with E-state index in [9.17, 15) is 0 Å². The molecule has 0 aliphatic carbocycles. The Labute approximate surface area is 118 Å². The summed E-state index contributed by atoms with van der Waals surface area (Å²) < 4.78 is 17.7. The lowest BCUT2D eigenvalue weighted by Gasteiger charge is -2.32. The maximum atomic E-state index is 6.26. The highest BCUT2D eigenvalue weighted by Gasteiger charge is 2.39. The summed E-state index contributed by atoms with van der Waals surface area (Å²) in [7, 11) is -0.572. The van der Waals surface area contributed by atoms with Crippen LogP contribution in [0.2, 0.25) is 12.1 Å². The van der Waals surface area contributed by atoms with Crippen molar-refractivity contribution in [3.63, 3.8) is 0 Å². The van der Waals surface area contributed by atoms with Crippen LogP contribution < -0.4 is 4.43 Å².